The largest absolute Gasteiger partial charge is 0.494 e. The highest BCUT2D eigenvalue weighted by atomic mass is 16.7. The van der Waals surface area contributed by atoms with Crippen LogP contribution in [0, 0.1) is 0 Å². The fraction of sp³-hybridized carbons (Fsp3) is 0.436. The van der Waals surface area contributed by atoms with E-state index >= 15 is 0 Å². The minimum Gasteiger partial charge on any atom is -0.399 e. The Hall–Kier alpha value is -3.60. The molecule has 0 bridgehead atoms. The van der Waals surface area contributed by atoms with Gasteiger partial charge in [-0.2, -0.15) is 0 Å². The van der Waals surface area contributed by atoms with Crippen molar-refractivity contribution in [2.24, 2.45) is 0 Å². The monoisotopic (exact) mass is 554 g/mol. The molecule has 1 atom stereocenters. The maximum Gasteiger partial charge on any atom is 0.494 e. The summed E-state index contributed by atoms with van der Waals surface area (Å²) in [6, 6.07) is 15.5. The van der Waals surface area contributed by atoms with Gasteiger partial charge in [0.05, 0.1) is 11.2 Å². The summed E-state index contributed by atoms with van der Waals surface area (Å²) in [5.74, 6) is 0. The molecular weight excluding hydrogens is 511 g/mol. The highest BCUT2D eigenvalue weighted by Crippen LogP contribution is 2.52. The molecule has 4 rings (SSSR count). The number of fused-ring (bicyclic) bond motifs is 3. The van der Waals surface area contributed by atoms with Crippen LogP contribution in [0.1, 0.15) is 104 Å². The van der Waals surface area contributed by atoms with Gasteiger partial charge in [0.1, 0.15) is 0 Å². The summed E-state index contributed by atoms with van der Waals surface area (Å²) in [5, 5.41) is 0. The van der Waals surface area contributed by atoms with Crippen LogP contribution in [0.15, 0.2) is 101 Å². The Balaban J connectivity index is 1.76. The molecule has 1 fully saturated rings. The zero-order chi connectivity index (χ0) is 30.1. The zero-order valence-corrected chi connectivity index (χ0v) is 26.1. The molecular formula is C39H43BO2. The van der Waals surface area contributed by atoms with Gasteiger partial charge in [0.15, 0.2) is 0 Å². The van der Waals surface area contributed by atoms with Crippen molar-refractivity contribution in [1.29, 1.82) is 0 Å². The molecule has 2 aromatic rings. The molecule has 1 aliphatic carbocycles. The first kappa shape index (κ1) is 31.3. The second-order valence-electron chi connectivity index (χ2n) is 12.4. The Labute approximate surface area is 253 Å². The van der Waals surface area contributed by atoms with E-state index in [0.717, 1.165) is 18.3 Å². The highest BCUT2D eigenvalue weighted by molar-refractivity contribution is 6.62. The molecule has 1 aliphatic heterocycles. The second-order valence-corrected chi connectivity index (χ2v) is 12.4. The molecule has 0 aromatic heterocycles. The number of rotatable bonds is 11. The normalized spacial score (nSPS) is 18.5. The van der Waals surface area contributed by atoms with Gasteiger partial charge in [0.2, 0.25) is 0 Å². The summed E-state index contributed by atoms with van der Waals surface area (Å²) >= 11 is 0. The van der Waals surface area contributed by atoms with Gasteiger partial charge in [-0.25, -0.2) is 0 Å². The van der Waals surface area contributed by atoms with E-state index in [2.05, 4.69) is 136 Å². The lowest BCUT2D eigenvalue weighted by Crippen LogP contribution is -2.41. The van der Waals surface area contributed by atoms with Gasteiger partial charge in [0, 0.05) is 5.41 Å². The number of hydrogen-bond acceptors (Lipinski definition) is 2. The Bertz CT molecular complexity index is 1580. The SMILES string of the molecule is C=C=C=C=C=C=C=C=C=CC1(CCCCCCCCCC)c2ccccc2-c2ccc(B3OC(C)(C)C(C)(C)O3)cc21. The van der Waals surface area contributed by atoms with Crippen LogP contribution in [-0.2, 0) is 14.7 Å². The molecule has 0 amide bonds. The van der Waals surface area contributed by atoms with Gasteiger partial charge in [-0.1, -0.05) is 112 Å². The van der Waals surface area contributed by atoms with Crippen LogP contribution in [-0.4, -0.2) is 18.3 Å². The summed E-state index contributed by atoms with van der Waals surface area (Å²) < 4.78 is 12.9. The molecule has 214 valence electrons. The summed E-state index contributed by atoms with van der Waals surface area (Å²) in [7, 11) is -0.415. The topological polar surface area (TPSA) is 18.5 Å². The van der Waals surface area contributed by atoms with Gasteiger partial charge < -0.3 is 9.31 Å². The van der Waals surface area contributed by atoms with Gasteiger partial charge in [-0.15, -0.1) is 0 Å². The lowest BCUT2D eigenvalue weighted by molar-refractivity contribution is 0.00578. The average Bonchev–Trinajstić information content (AvgIpc) is 3.37. The minimum atomic E-state index is -0.415. The predicted octanol–water partition coefficient (Wildman–Crippen LogP) is 9.21. The molecule has 3 heteroatoms. The number of hydrogen-bond donors (Lipinski definition) is 0. The molecule has 1 saturated heterocycles. The molecule has 2 aliphatic rings. The molecule has 0 radical (unpaired) electrons. The number of allylic oxidation sites excluding steroid dienone is 1. The van der Waals surface area contributed by atoms with E-state index in [-0.39, 0.29) is 5.41 Å². The van der Waals surface area contributed by atoms with E-state index in [1.54, 1.807) is 0 Å². The van der Waals surface area contributed by atoms with E-state index in [0.29, 0.717) is 0 Å². The summed E-state index contributed by atoms with van der Waals surface area (Å²) in [6.07, 6.45) is 13.4. The van der Waals surface area contributed by atoms with Crippen molar-refractivity contribution in [2.45, 2.75) is 109 Å². The van der Waals surface area contributed by atoms with Crippen molar-refractivity contribution in [3.05, 3.63) is 112 Å². The third-order valence-corrected chi connectivity index (χ3v) is 8.96. The maximum atomic E-state index is 6.46. The lowest BCUT2D eigenvalue weighted by atomic mass is 9.71. The Morgan fingerprint density at radius 2 is 1.31 bits per heavy atom. The van der Waals surface area contributed by atoms with Crippen LogP contribution in [0.25, 0.3) is 11.1 Å². The van der Waals surface area contributed by atoms with Crippen molar-refractivity contribution in [2.75, 3.05) is 0 Å². The first-order valence-electron chi connectivity index (χ1n) is 15.5. The first-order chi connectivity index (χ1) is 20.3. The van der Waals surface area contributed by atoms with Crippen molar-refractivity contribution >= 4 is 12.6 Å². The van der Waals surface area contributed by atoms with Crippen molar-refractivity contribution in [3.63, 3.8) is 0 Å². The third kappa shape index (κ3) is 6.89. The van der Waals surface area contributed by atoms with Gasteiger partial charge >= 0.3 is 7.12 Å². The molecule has 2 nitrogen and oxygen atoms in total. The summed E-state index contributed by atoms with van der Waals surface area (Å²) in [6.45, 7) is 14.1. The quantitative estimate of drug-likeness (QED) is 0.157. The van der Waals surface area contributed by atoms with Crippen LogP contribution in [0.4, 0.5) is 0 Å². The number of unbranched alkanes of at least 4 members (excludes halogenated alkanes) is 7. The maximum absolute atomic E-state index is 6.46. The van der Waals surface area contributed by atoms with E-state index in [4.69, 9.17) is 9.31 Å². The van der Waals surface area contributed by atoms with Crippen molar-refractivity contribution in [3.8, 4) is 11.1 Å². The third-order valence-electron chi connectivity index (χ3n) is 8.96. The zero-order valence-electron chi connectivity index (χ0n) is 26.1. The Morgan fingerprint density at radius 3 is 2.00 bits per heavy atom. The fourth-order valence-corrected chi connectivity index (χ4v) is 5.94. The molecule has 1 unspecified atom stereocenters. The molecule has 1 heterocycles. The van der Waals surface area contributed by atoms with Crippen LogP contribution in [0.2, 0.25) is 0 Å². The second kappa shape index (κ2) is 14.0. The first-order valence-corrected chi connectivity index (χ1v) is 15.5. The number of benzene rings is 2. The molecule has 2 aromatic carbocycles. The van der Waals surface area contributed by atoms with Gasteiger partial charge in [-0.3, -0.25) is 0 Å². The van der Waals surface area contributed by atoms with Crippen LogP contribution in [0.3, 0.4) is 0 Å². The Morgan fingerprint density at radius 1 is 0.714 bits per heavy atom. The minimum absolute atomic E-state index is 0.340. The van der Waals surface area contributed by atoms with Crippen molar-refractivity contribution < 1.29 is 9.31 Å². The molecule has 42 heavy (non-hydrogen) atoms. The van der Waals surface area contributed by atoms with Crippen LogP contribution >= 0.6 is 0 Å². The van der Waals surface area contributed by atoms with E-state index in [1.165, 1.54) is 67.2 Å². The molecule has 0 saturated carbocycles. The smallest absolute Gasteiger partial charge is 0.399 e. The molecule has 0 spiro atoms. The predicted molar refractivity (Wildman–Crippen MR) is 174 cm³/mol. The van der Waals surface area contributed by atoms with E-state index in [9.17, 15) is 0 Å². The fourth-order valence-electron chi connectivity index (χ4n) is 5.94. The van der Waals surface area contributed by atoms with Crippen LogP contribution < -0.4 is 5.46 Å². The van der Waals surface area contributed by atoms with Gasteiger partial charge in [0.25, 0.3) is 0 Å². The average molecular weight is 555 g/mol. The standard InChI is InChI=1S/C39H43BO2/c1-7-9-11-13-15-17-19-23-29-39(30-24-20-18-16-14-12-10-8-2)35-26-22-21-25-33(35)34-28-27-32(31-36(34)39)40-41-37(3,4)38(5,6)42-40/h21-22,25-29,31H,1,8,10,12,14,16,18,20,24,30H2,2-6H3. The highest BCUT2D eigenvalue weighted by Gasteiger charge is 2.52. The van der Waals surface area contributed by atoms with E-state index in [1.807, 2.05) is 0 Å². The molecule has 0 N–H and O–H groups in total. The van der Waals surface area contributed by atoms with E-state index < -0.39 is 18.3 Å². The summed E-state index contributed by atoms with van der Waals surface area (Å²) in [5.41, 5.74) is 27.4. The van der Waals surface area contributed by atoms with Gasteiger partial charge in [-0.05, 0) is 109 Å². The Kier molecular flexibility index (Phi) is 10.5. The lowest BCUT2D eigenvalue weighted by Gasteiger charge is -2.32. The van der Waals surface area contributed by atoms with Crippen LogP contribution in [0.5, 0.6) is 0 Å². The van der Waals surface area contributed by atoms with Crippen molar-refractivity contribution in [1.82, 2.24) is 0 Å². The summed E-state index contributed by atoms with van der Waals surface area (Å²) in [4.78, 5) is 0.